The third kappa shape index (κ3) is 6.74. The van der Waals surface area contributed by atoms with Crippen LogP contribution in [0.25, 0.3) is 0 Å². The van der Waals surface area contributed by atoms with Gasteiger partial charge in [-0.2, -0.15) is 13.2 Å². The Bertz CT molecular complexity index is 281. The number of nitrogens with one attached hydrogen (secondary N) is 1. The van der Waals surface area contributed by atoms with Gasteiger partial charge in [-0.25, -0.2) is 4.79 Å². The van der Waals surface area contributed by atoms with Crippen LogP contribution in [0.4, 0.5) is 13.2 Å². The van der Waals surface area contributed by atoms with E-state index in [2.05, 4.69) is 5.32 Å². The molecule has 4 N–H and O–H groups in total. The summed E-state index contributed by atoms with van der Waals surface area (Å²) in [6.45, 7) is 0.595. The van der Waals surface area contributed by atoms with Crippen LogP contribution in [0.3, 0.4) is 0 Å². The quantitative estimate of drug-likeness (QED) is 0.520. The van der Waals surface area contributed by atoms with Gasteiger partial charge in [-0.15, -0.1) is 0 Å². The molecular formula is C8H12F3NO5. The number of carbonyl (C=O) groups is 2. The van der Waals surface area contributed by atoms with Crippen molar-refractivity contribution in [3.63, 3.8) is 0 Å². The van der Waals surface area contributed by atoms with Gasteiger partial charge in [-0.3, -0.25) is 4.79 Å². The first-order valence-corrected chi connectivity index (χ1v) is 4.59. The van der Waals surface area contributed by atoms with Crippen LogP contribution in [0.5, 0.6) is 0 Å². The minimum Gasteiger partial charge on any atom is -0.480 e. The summed E-state index contributed by atoms with van der Waals surface area (Å²) >= 11 is 0. The largest absolute Gasteiger partial charge is 0.490 e. The fraction of sp³-hybridized carbons (Fsp3) is 0.750. The molecule has 0 saturated carbocycles. The molecule has 1 rings (SSSR count). The number of rotatable bonds is 1. The van der Waals surface area contributed by atoms with E-state index in [0.717, 1.165) is 0 Å². The molecule has 1 aliphatic heterocycles. The van der Waals surface area contributed by atoms with Crippen LogP contribution in [-0.2, 0) is 9.59 Å². The molecule has 1 heterocycles. The van der Waals surface area contributed by atoms with Crippen LogP contribution in [0.15, 0.2) is 0 Å². The zero-order valence-electron chi connectivity index (χ0n) is 8.57. The van der Waals surface area contributed by atoms with Crippen molar-refractivity contribution in [3.8, 4) is 0 Å². The van der Waals surface area contributed by atoms with Crippen LogP contribution in [0.2, 0.25) is 0 Å². The number of carboxylic acid groups (broad SMARTS) is 2. The number of hydrogen-bond donors (Lipinski definition) is 4. The van der Waals surface area contributed by atoms with Gasteiger partial charge in [-0.05, 0) is 19.4 Å². The van der Waals surface area contributed by atoms with E-state index in [1.165, 1.54) is 0 Å². The maximum atomic E-state index is 10.6. The van der Waals surface area contributed by atoms with Crippen molar-refractivity contribution in [1.82, 2.24) is 5.32 Å². The predicted octanol–water partition coefficient (Wildman–Crippen LogP) is -0.183. The van der Waals surface area contributed by atoms with Crippen LogP contribution in [0.1, 0.15) is 12.8 Å². The normalized spacial score (nSPS) is 24.5. The smallest absolute Gasteiger partial charge is 0.480 e. The lowest BCUT2D eigenvalue weighted by atomic mass is 10.0. The molecule has 1 aliphatic rings. The first-order valence-electron chi connectivity index (χ1n) is 4.59. The second-order valence-corrected chi connectivity index (χ2v) is 3.33. The van der Waals surface area contributed by atoms with Gasteiger partial charge in [-0.1, -0.05) is 0 Å². The van der Waals surface area contributed by atoms with Gasteiger partial charge in [0.25, 0.3) is 0 Å². The number of hydrogen-bond acceptors (Lipinski definition) is 4. The minimum absolute atomic E-state index is 0.329. The first kappa shape index (κ1) is 15.7. The van der Waals surface area contributed by atoms with Crippen molar-refractivity contribution in [3.05, 3.63) is 0 Å². The maximum Gasteiger partial charge on any atom is 0.490 e. The van der Waals surface area contributed by atoms with Crippen LogP contribution < -0.4 is 5.32 Å². The van der Waals surface area contributed by atoms with E-state index in [4.69, 9.17) is 20.1 Å². The van der Waals surface area contributed by atoms with Crippen molar-refractivity contribution >= 4 is 11.9 Å². The molecule has 0 aliphatic carbocycles. The third-order valence-corrected chi connectivity index (χ3v) is 1.92. The Morgan fingerprint density at radius 3 is 1.94 bits per heavy atom. The van der Waals surface area contributed by atoms with Crippen LogP contribution in [-0.4, -0.2) is 52.1 Å². The molecule has 2 atom stereocenters. The zero-order valence-corrected chi connectivity index (χ0v) is 8.57. The molecule has 0 aromatic carbocycles. The number of aliphatic hydroxyl groups excluding tert-OH is 1. The van der Waals surface area contributed by atoms with E-state index in [9.17, 15) is 18.0 Å². The van der Waals surface area contributed by atoms with E-state index in [1.807, 2.05) is 0 Å². The SMILES string of the molecule is O=C(O)C(F)(F)F.O=C(O)[C@@H]1C[C@H](O)CCN1. The molecule has 17 heavy (non-hydrogen) atoms. The van der Waals surface area contributed by atoms with E-state index >= 15 is 0 Å². The Hall–Kier alpha value is -1.35. The zero-order chi connectivity index (χ0) is 13.6. The number of aliphatic carboxylic acids is 2. The lowest BCUT2D eigenvalue weighted by Crippen LogP contribution is -2.45. The highest BCUT2D eigenvalue weighted by molar-refractivity contribution is 5.73. The summed E-state index contributed by atoms with van der Waals surface area (Å²) < 4.78 is 31.7. The minimum atomic E-state index is -5.08. The van der Waals surface area contributed by atoms with Gasteiger partial charge in [0.2, 0.25) is 0 Å². The highest BCUT2D eigenvalue weighted by Gasteiger charge is 2.38. The van der Waals surface area contributed by atoms with E-state index < -0.39 is 30.3 Å². The van der Waals surface area contributed by atoms with E-state index in [1.54, 1.807) is 0 Å². The van der Waals surface area contributed by atoms with Crippen molar-refractivity contribution < 1.29 is 38.1 Å². The van der Waals surface area contributed by atoms with Crippen molar-refractivity contribution in [2.45, 2.75) is 31.2 Å². The lowest BCUT2D eigenvalue weighted by molar-refractivity contribution is -0.192. The Labute approximate surface area is 94.0 Å². The van der Waals surface area contributed by atoms with Crippen molar-refractivity contribution in [2.24, 2.45) is 0 Å². The molecule has 0 aromatic heterocycles. The summed E-state index contributed by atoms with van der Waals surface area (Å²) in [5.74, 6) is -3.63. The molecule has 0 amide bonds. The summed E-state index contributed by atoms with van der Waals surface area (Å²) in [5.41, 5.74) is 0. The number of alkyl halides is 3. The summed E-state index contributed by atoms with van der Waals surface area (Å²) in [7, 11) is 0. The average Bonchev–Trinajstić information content (AvgIpc) is 2.17. The molecule has 0 bridgehead atoms. The van der Waals surface area contributed by atoms with Crippen LogP contribution in [0, 0.1) is 0 Å². The summed E-state index contributed by atoms with van der Waals surface area (Å²) in [5, 5.41) is 27.4. The van der Waals surface area contributed by atoms with Gasteiger partial charge < -0.3 is 20.6 Å². The molecule has 0 spiro atoms. The number of aliphatic hydroxyl groups is 1. The molecule has 1 fully saturated rings. The Morgan fingerprint density at radius 2 is 1.71 bits per heavy atom. The van der Waals surface area contributed by atoms with Gasteiger partial charge in [0.1, 0.15) is 6.04 Å². The Balaban J connectivity index is 0.000000325. The molecule has 100 valence electrons. The fourth-order valence-corrected chi connectivity index (χ4v) is 1.09. The number of halogens is 3. The highest BCUT2D eigenvalue weighted by atomic mass is 19.4. The van der Waals surface area contributed by atoms with Gasteiger partial charge >= 0.3 is 18.1 Å². The maximum absolute atomic E-state index is 10.6. The molecule has 0 aromatic rings. The average molecular weight is 259 g/mol. The summed E-state index contributed by atoms with van der Waals surface area (Å²) in [6.07, 6.45) is -4.54. The van der Waals surface area contributed by atoms with Crippen molar-refractivity contribution in [1.29, 1.82) is 0 Å². The Morgan fingerprint density at radius 1 is 1.24 bits per heavy atom. The second kappa shape index (κ2) is 6.40. The van der Waals surface area contributed by atoms with Gasteiger partial charge in [0.15, 0.2) is 0 Å². The third-order valence-electron chi connectivity index (χ3n) is 1.92. The summed E-state index contributed by atoms with van der Waals surface area (Å²) in [6, 6.07) is -0.552. The van der Waals surface area contributed by atoms with Crippen LogP contribution >= 0.6 is 0 Å². The number of carboxylic acids is 2. The fourth-order valence-electron chi connectivity index (χ4n) is 1.09. The van der Waals surface area contributed by atoms with E-state index in [0.29, 0.717) is 19.4 Å². The standard InChI is InChI=1S/C6H11NO3.C2HF3O2/c8-4-1-2-7-5(3-4)6(9)10;3-2(4,5)1(6)7/h4-5,7-8H,1-3H2,(H,9,10);(H,6,7)/t4-,5+;/m1./s1. The molecular weight excluding hydrogens is 247 g/mol. The summed E-state index contributed by atoms with van der Waals surface area (Å²) in [4.78, 5) is 19.2. The molecule has 0 unspecified atom stereocenters. The van der Waals surface area contributed by atoms with Gasteiger partial charge in [0, 0.05) is 0 Å². The topological polar surface area (TPSA) is 107 Å². The van der Waals surface area contributed by atoms with Crippen molar-refractivity contribution in [2.75, 3.05) is 6.54 Å². The molecule has 9 heteroatoms. The highest BCUT2D eigenvalue weighted by Crippen LogP contribution is 2.13. The second-order valence-electron chi connectivity index (χ2n) is 3.33. The lowest BCUT2D eigenvalue weighted by Gasteiger charge is -2.23. The molecule has 0 radical (unpaired) electrons. The predicted molar refractivity (Wildman–Crippen MR) is 48.4 cm³/mol. The Kier molecular flexibility index (Phi) is 5.89. The molecule has 1 saturated heterocycles. The van der Waals surface area contributed by atoms with Gasteiger partial charge in [0.05, 0.1) is 6.10 Å². The molecule has 6 nitrogen and oxygen atoms in total. The number of piperidine rings is 1. The monoisotopic (exact) mass is 259 g/mol. The first-order chi connectivity index (χ1) is 7.64. The van der Waals surface area contributed by atoms with E-state index in [-0.39, 0.29) is 0 Å².